The summed E-state index contributed by atoms with van der Waals surface area (Å²) in [6.45, 7) is 4.08. The highest BCUT2D eigenvalue weighted by Gasteiger charge is 2.27. The molecule has 2 aliphatic heterocycles. The van der Waals surface area contributed by atoms with Gasteiger partial charge in [0.15, 0.2) is 0 Å². The quantitative estimate of drug-likeness (QED) is 0.765. The van der Waals surface area contributed by atoms with Crippen LogP contribution in [0.2, 0.25) is 0 Å². The lowest BCUT2D eigenvalue weighted by molar-refractivity contribution is -0.130. The first-order valence-electron chi connectivity index (χ1n) is 7.77. The third kappa shape index (κ3) is 3.59. The van der Waals surface area contributed by atoms with Crippen LogP contribution in [0.25, 0.3) is 0 Å². The van der Waals surface area contributed by atoms with Crippen LogP contribution in [-0.4, -0.2) is 73.4 Å². The van der Waals surface area contributed by atoms with Gasteiger partial charge in [0.25, 0.3) is 0 Å². The lowest BCUT2D eigenvalue weighted by Gasteiger charge is -2.36. The second kappa shape index (κ2) is 7.19. The van der Waals surface area contributed by atoms with Crippen molar-refractivity contribution in [1.82, 2.24) is 9.80 Å². The molecule has 1 aromatic carbocycles. The molecule has 0 N–H and O–H groups in total. The Kier molecular flexibility index (Phi) is 5.03. The molecule has 7 heteroatoms. The fourth-order valence-electron chi connectivity index (χ4n) is 2.95. The molecule has 1 fully saturated rings. The lowest BCUT2D eigenvalue weighted by atomic mass is 10.2. The van der Waals surface area contributed by atoms with Gasteiger partial charge in [-0.15, -0.1) is 11.6 Å². The lowest BCUT2D eigenvalue weighted by Crippen LogP contribution is -2.52. The molecule has 0 atom stereocenters. The zero-order valence-corrected chi connectivity index (χ0v) is 13.7. The molecule has 0 aromatic heterocycles. The van der Waals surface area contributed by atoms with E-state index in [1.54, 1.807) is 9.80 Å². The number of piperazine rings is 1. The van der Waals surface area contributed by atoms with Gasteiger partial charge in [-0.3, -0.25) is 14.5 Å². The van der Waals surface area contributed by atoms with Crippen molar-refractivity contribution in [1.29, 1.82) is 0 Å². The van der Waals surface area contributed by atoms with E-state index in [1.807, 2.05) is 24.3 Å². The van der Waals surface area contributed by atoms with Crippen molar-refractivity contribution >= 4 is 29.1 Å². The topological polar surface area (TPSA) is 53.1 Å². The molecule has 0 saturated carbocycles. The van der Waals surface area contributed by atoms with E-state index in [0.29, 0.717) is 45.9 Å². The van der Waals surface area contributed by atoms with Crippen molar-refractivity contribution in [2.24, 2.45) is 0 Å². The molecule has 0 bridgehead atoms. The fourth-order valence-corrected chi connectivity index (χ4v) is 3.11. The molecule has 23 heavy (non-hydrogen) atoms. The first-order chi connectivity index (χ1) is 11.2. The maximum absolute atomic E-state index is 12.6. The number of benzene rings is 1. The average Bonchev–Trinajstić information content (AvgIpc) is 2.61. The largest absolute Gasteiger partial charge is 0.490 e. The Labute approximate surface area is 140 Å². The predicted molar refractivity (Wildman–Crippen MR) is 88.0 cm³/mol. The third-order valence-corrected chi connectivity index (χ3v) is 4.46. The van der Waals surface area contributed by atoms with E-state index >= 15 is 0 Å². The van der Waals surface area contributed by atoms with Crippen LogP contribution in [0.1, 0.15) is 0 Å². The molecule has 1 aromatic rings. The molecule has 0 spiro atoms. The van der Waals surface area contributed by atoms with E-state index in [0.717, 1.165) is 11.4 Å². The second-order valence-corrected chi connectivity index (χ2v) is 5.92. The zero-order chi connectivity index (χ0) is 16.2. The molecule has 6 nitrogen and oxygen atoms in total. The number of carbonyl (C=O) groups excluding carboxylic acids is 2. The summed E-state index contributed by atoms with van der Waals surface area (Å²) in [7, 11) is 0. The molecular weight excluding hydrogens is 318 g/mol. The van der Waals surface area contributed by atoms with Crippen LogP contribution in [0, 0.1) is 0 Å². The van der Waals surface area contributed by atoms with Gasteiger partial charge in [-0.1, -0.05) is 12.1 Å². The number of para-hydroxylation sites is 2. The van der Waals surface area contributed by atoms with Crippen molar-refractivity contribution in [2.45, 2.75) is 0 Å². The van der Waals surface area contributed by atoms with Crippen LogP contribution in [0.3, 0.4) is 0 Å². The molecular formula is C16H20ClN3O3. The van der Waals surface area contributed by atoms with Crippen molar-refractivity contribution in [3.63, 3.8) is 0 Å². The molecule has 0 radical (unpaired) electrons. The molecule has 2 aliphatic rings. The zero-order valence-electron chi connectivity index (χ0n) is 12.9. The Morgan fingerprint density at radius 2 is 1.78 bits per heavy atom. The number of anilines is 1. The minimum atomic E-state index is -0.0419. The van der Waals surface area contributed by atoms with E-state index in [-0.39, 0.29) is 17.7 Å². The van der Waals surface area contributed by atoms with Gasteiger partial charge in [-0.25, -0.2) is 0 Å². The van der Waals surface area contributed by atoms with Gasteiger partial charge < -0.3 is 14.5 Å². The number of amides is 2. The highest BCUT2D eigenvalue weighted by molar-refractivity contribution is 6.27. The van der Waals surface area contributed by atoms with Gasteiger partial charge in [0.05, 0.1) is 18.8 Å². The molecule has 2 amide bonds. The number of fused-ring (bicyclic) bond motifs is 1. The van der Waals surface area contributed by atoms with Crippen molar-refractivity contribution in [3.8, 4) is 5.75 Å². The van der Waals surface area contributed by atoms with Gasteiger partial charge in [-0.05, 0) is 12.1 Å². The molecule has 3 rings (SSSR count). The number of alkyl halides is 1. The van der Waals surface area contributed by atoms with Gasteiger partial charge in [0.1, 0.15) is 18.2 Å². The Bertz CT molecular complexity index is 588. The normalized spacial score (nSPS) is 18.3. The number of carbonyl (C=O) groups is 2. The van der Waals surface area contributed by atoms with Crippen LogP contribution in [0.5, 0.6) is 5.75 Å². The maximum Gasteiger partial charge on any atom is 0.241 e. The number of hydrogen-bond donors (Lipinski definition) is 0. The maximum atomic E-state index is 12.6. The summed E-state index contributed by atoms with van der Waals surface area (Å²) in [5.74, 6) is 0.797. The summed E-state index contributed by atoms with van der Waals surface area (Å²) >= 11 is 5.58. The first-order valence-corrected chi connectivity index (χ1v) is 8.31. The Balaban J connectivity index is 1.58. The predicted octanol–water partition coefficient (Wildman–Crippen LogP) is 0.795. The molecule has 0 unspecified atom stereocenters. The highest BCUT2D eigenvalue weighted by atomic mass is 35.5. The van der Waals surface area contributed by atoms with Gasteiger partial charge in [-0.2, -0.15) is 0 Å². The van der Waals surface area contributed by atoms with Crippen LogP contribution in [-0.2, 0) is 9.59 Å². The van der Waals surface area contributed by atoms with E-state index in [1.165, 1.54) is 0 Å². The summed E-state index contributed by atoms with van der Waals surface area (Å²) < 4.78 is 5.58. The van der Waals surface area contributed by atoms with Crippen molar-refractivity contribution < 1.29 is 14.3 Å². The van der Waals surface area contributed by atoms with Crippen LogP contribution in [0.15, 0.2) is 24.3 Å². The van der Waals surface area contributed by atoms with E-state index < -0.39 is 0 Å². The highest BCUT2D eigenvalue weighted by Crippen LogP contribution is 2.30. The molecule has 2 heterocycles. The Hall–Kier alpha value is -1.79. The summed E-state index contributed by atoms with van der Waals surface area (Å²) in [4.78, 5) is 29.8. The summed E-state index contributed by atoms with van der Waals surface area (Å²) in [6.07, 6.45) is 0. The van der Waals surface area contributed by atoms with Crippen LogP contribution < -0.4 is 9.64 Å². The Morgan fingerprint density at radius 1 is 1.04 bits per heavy atom. The summed E-state index contributed by atoms with van der Waals surface area (Å²) in [6, 6.07) is 7.60. The molecule has 0 aliphatic carbocycles. The Morgan fingerprint density at radius 3 is 2.52 bits per heavy atom. The smallest absolute Gasteiger partial charge is 0.241 e. The van der Waals surface area contributed by atoms with Gasteiger partial charge >= 0.3 is 0 Å². The van der Waals surface area contributed by atoms with Gasteiger partial charge in [0.2, 0.25) is 11.8 Å². The fraction of sp³-hybridized carbons (Fsp3) is 0.500. The number of halogens is 1. The van der Waals surface area contributed by atoms with E-state index in [9.17, 15) is 9.59 Å². The molecule has 1 saturated heterocycles. The summed E-state index contributed by atoms with van der Waals surface area (Å²) in [5, 5.41) is 0. The van der Waals surface area contributed by atoms with E-state index in [2.05, 4.69) is 4.90 Å². The minimum Gasteiger partial charge on any atom is -0.490 e. The SMILES string of the molecule is O=C(CCl)N1CCN(CC(=O)N2CCOc3ccccc32)CC1. The number of rotatable bonds is 3. The first kappa shape index (κ1) is 16.1. The average molecular weight is 338 g/mol. The minimum absolute atomic E-state index is 0.0174. The number of ether oxygens (including phenoxy) is 1. The monoisotopic (exact) mass is 337 g/mol. The molecule has 124 valence electrons. The van der Waals surface area contributed by atoms with E-state index in [4.69, 9.17) is 16.3 Å². The summed E-state index contributed by atoms with van der Waals surface area (Å²) in [5.41, 5.74) is 0.833. The van der Waals surface area contributed by atoms with Crippen molar-refractivity contribution in [2.75, 3.05) is 56.7 Å². The standard InChI is InChI=1S/C16H20ClN3O3/c17-11-15(21)19-7-5-18(6-8-19)12-16(22)20-9-10-23-14-4-2-1-3-13(14)20/h1-4H,5-12H2. The van der Waals surface area contributed by atoms with Crippen molar-refractivity contribution in [3.05, 3.63) is 24.3 Å². The third-order valence-electron chi connectivity index (χ3n) is 4.23. The number of hydrogen-bond acceptors (Lipinski definition) is 4. The van der Waals surface area contributed by atoms with Crippen LogP contribution in [0.4, 0.5) is 5.69 Å². The second-order valence-electron chi connectivity index (χ2n) is 5.65. The number of nitrogens with zero attached hydrogens (tertiary/aromatic N) is 3. The van der Waals surface area contributed by atoms with Crippen LogP contribution >= 0.6 is 11.6 Å². The van der Waals surface area contributed by atoms with Gasteiger partial charge in [0, 0.05) is 26.2 Å².